The molecule has 13 heteroatoms. The molecule has 0 aliphatic carbocycles. The van der Waals surface area contributed by atoms with Gasteiger partial charge in [-0.1, -0.05) is 84.9 Å². The van der Waals surface area contributed by atoms with Gasteiger partial charge in [-0.25, -0.2) is 4.79 Å². The smallest absolute Gasteiger partial charge is 0.326 e. The molecule has 0 heterocycles. The molecule has 0 bridgehead atoms. The fraction of sp³-hybridized carbons (Fsp3) is 0.333. The normalized spacial score (nSPS) is 12.8. The Bertz CT molecular complexity index is 1780. The third kappa shape index (κ3) is 10.6. The van der Waals surface area contributed by atoms with Crippen LogP contribution < -0.4 is 37.3 Å². The van der Waals surface area contributed by atoms with E-state index < -0.39 is 41.4 Å². The van der Waals surface area contributed by atoms with E-state index in [2.05, 4.69) is 10.6 Å². The summed E-state index contributed by atoms with van der Waals surface area (Å²) < 4.78 is 11.1. The second-order valence-electron chi connectivity index (χ2n) is 13.2. The van der Waals surface area contributed by atoms with Gasteiger partial charge in [0.15, 0.2) is 5.96 Å². The molecule has 0 aliphatic rings. The van der Waals surface area contributed by atoms with Crippen molar-refractivity contribution in [2.45, 2.75) is 62.2 Å². The standard InChI is InChI=1S/C42H53N7O6/c1-54-33-22-18-31(19-23-33)42(30-14-7-4-8-15-30,32-20-24-34(55-2)25-21-32)49(39(51)35(44)16-11-27-47-41(45)46)37(17-9-10-26-43)38(50)48-36(40(52)53)28-29-12-5-3-6-13-29/h3-8,12-15,18-25,35-37H,9-11,16-17,26-28,43-44H2,1-2H3,(H,48,50)(H,52,53)(H4,45,46,47)/t35-,36-,37-/m0/s1. The third-order valence-electron chi connectivity index (χ3n) is 9.57. The van der Waals surface area contributed by atoms with Crippen LogP contribution >= 0.6 is 0 Å². The van der Waals surface area contributed by atoms with E-state index in [-0.39, 0.29) is 25.2 Å². The molecular formula is C42H53N7O6. The maximum Gasteiger partial charge on any atom is 0.326 e. The number of carboxylic acids is 1. The van der Waals surface area contributed by atoms with Crippen molar-refractivity contribution in [1.29, 1.82) is 5.41 Å². The minimum absolute atomic E-state index is 0.0226. The number of ether oxygens (including phenoxy) is 2. The molecule has 292 valence electrons. The molecule has 0 fully saturated rings. The van der Waals surface area contributed by atoms with E-state index in [1.165, 1.54) is 0 Å². The molecule has 0 aliphatic heterocycles. The molecule has 3 atom stereocenters. The number of aliphatic carboxylic acids is 1. The van der Waals surface area contributed by atoms with E-state index >= 15 is 4.79 Å². The quantitative estimate of drug-likeness (QED) is 0.0283. The number of hydrogen-bond donors (Lipinski definition) is 7. The van der Waals surface area contributed by atoms with Crippen molar-refractivity contribution >= 4 is 23.7 Å². The van der Waals surface area contributed by atoms with Gasteiger partial charge in [0, 0.05) is 13.0 Å². The molecule has 4 aromatic rings. The van der Waals surface area contributed by atoms with Gasteiger partial charge in [-0.15, -0.1) is 0 Å². The maximum absolute atomic E-state index is 15.4. The van der Waals surface area contributed by atoms with Crippen LogP contribution in [-0.4, -0.2) is 79.2 Å². The summed E-state index contributed by atoms with van der Waals surface area (Å²) in [7, 11) is 3.12. The van der Waals surface area contributed by atoms with Gasteiger partial charge < -0.3 is 47.3 Å². The summed E-state index contributed by atoms with van der Waals surface area (Å²) in [6, 6.07) is 29.3. The Labute approximate surface area is 322 Å². The number of rotatable bonds is 21. The van der Waals surface area contributed by atoms with Gasteiger partial charge in [-0.05, 0) is 85.2 Å². The van der Waals surface area contributed by atoms with Crippen molar-refractivity contribution in [2.75, 3.05) is 27.3 Å². The molecule has 0 aromatic heterocycles. The van der Waals surface area contributed by atoms with Crippen molar-refractivity contribution in [1.82, 2.24) is 15.5 Å². The highest BCUT2D eigenvalue weighted by Crippen LogP contribution is 2.45. The van der Waals surface area contributed by atoms with E-state index in [1.807, 2.05) is 60.7 Å². The molecule has 0 saturated heterocycles. The van der Waals surface area contributed by atoms with Crippen LogP contribution in [-0.2, 0) is 26.3 Å². The van der Waals surface area contributed by atoms with Gasteiger partial charge in [0.25, 0.3) is 0 Å². The zero-order valence-electron chi connectivity index (χ0n) is 31.4. The van der Waals surface area contributed by atoms with E-state index in [4.69, 9.17) is 32.1 Å². The summed E-state index contributed by atoms with van der Waals surface area (Å²) in [4.78, 5) is 44.6. The minimum Gasteiger partial charge on any atom is -0.497 e. The highest BCUT2D eigenvalue weighted by atomic mass is 16.5. The highest BCUT2D eigenvalue weighted by Gasteiger charge is 2.50. The zero-order valence-corrected chi connectivity index (χ0v) is 31.4. The summed E-state index contributed by atoms with van der Waals surface area (Å²) in [6.07, 6.45) is 1.74. The van der Waals surface area contributed by atoms with Gasteiger partial charge >= 0.3 is 5.97 Å². The Kier molecular flexibility index (Phi) is 15.6. The number of carbonyl (C=O) groups is 3. The molecule has 4 rings (SSSR count). The minimum atomic E-state index is -1.50. The maximum atomic E-state index is 15.4. The van der Waals surface area contributed by atoms with Crippen molar-refractivity contribution < 1.29 is 29.0 Å². The molecule has 4 aromatic carbocycles. The largest absolute Gasteiger partial charge is 0.497 e. The molecule has 0 radical (unpaired) electrons. The van der Waals surface area contributed by atoms with Gasteiger partial charge in [0.2, 0.25) is 11.8 Å². The average Bonchev–Trinajstić information content (AvgIpc) is 3.20. The third-order valence-corrected chi connectivity index (χ3v) is 9.57. The first-order chi connectivity index (χ1) is 26.6. The van der Waals surface area contributed by atoms with Gasteiger partial charge in [0.05, 0.1) is 20.3 Å². The Hall–Kier alpha value is -5.92. The summed E-state index contributed by atoms with van der Waals surface area (Å²) in [5.41, 5.74) is 19.4. The number of nitrogens with two attached hydrogens (primary N) is 3. The van der Waals surface area contributed by atoms with Crippen LogP contribution in [0.15, 0.2) is 109 Å². The van der Waals surface area contributed by atoms with Crippen molar-refractivity contribution in [3.63, 3.8) is 0 Å². The van der Waals surface area contributed by atoms with Crippen molar-refractivity contribution in [2.24, 2.45) is 17.2 Å². The molecule has 13 nitrogen and oxygen atoms in total. The summed E-state index contributed by atoms with van der Waals surface area (Å²) in [5, 5.41) is 23.5. The average molecular weight is 752 g/mol. The number of methoxy groups -OCH3 is 2. The number of carbonyl (C=O) groups excluding carboxylic acids is 2. The number of amides is 2. The zero-order chi connectivity index (χ0) is 39.8. The summed E-state index contributed by atoms with van der Waals surface area (Å²) in [6.45, 7) is 0.648. The highest BCUT2D eigenvalue weighted by molar-refractivity contribution is 5.93. The second-order valence-corrected chi connectivity index (χ2v) is 13.2. The van der Waals surface area contributed by atoms with E-state index in [0.717, 1.165) is 5.56 Å². The summed E-state index contributed by atoms with van der Waals surface area (Å²) >= 11 is 0. The van der Waals surface area contributed by atoms with Gasteiger partial charge in [0.1, 0.15) is 29.1 Å². The second kappa shape index (κ2) is 20.5. The number of unbranched alkanes of at least 4 members (excludes halogenated alkanes) is 1. The fourth-order valence-corrected chi connectivity index (χ4v) is 6.84. The van der Waals surface area contributed by atoms with Crippen LogP contribution in [0.3, 0.4) is 0 Å². The molecule has 0 unspecified atom stereocenters. The van der Waals surface area contributed by atoms with Gasteiger partial charge in [-0.3, -0.25) is 15.0 Å². The first kappa shape index (κ1) is 41.8. The number of hydrogen-bond acceptors (Lipinski definition) is 8. The van der Waals surface area contributed by atoms with Crippen LogP contribution in [0, 0.1) is 5.41 Å². The van der Waals surface area contributed by atoms with Crippen LogP contribution in [0.1, 0.15) is 54.4 Å². The first-order valence-corrected chi connectivity index (χ1v) is 18.3. The number of nitrogens with one attached hydrogen (secondary N) is 3. The van der Waals surface area contributed by atoms with Crippen LogP contribution in [0.4, 0.5) is 0 Å². The van der Waals surface area contributed by atoms with Crippen LogP contribution in [0.5, 0.6) is 11.5 Å². The van der Waals surface area contributed by atoms with Crippen molar-refractivity contribution in [3.05, 3.63) is 131 Å². The lowest BCUT2D eigenvalue weighted by Crippen LogP contribution is -2.64. The van der Waals surface area contributed by atoms with E-state index in [9.17, 15) is 14.7 Å². The molecular weight excluding hydrogens is 699 g/mol. The lowest BCUT2D eigenvalue weighted by atomic mass is 9.73. The Balaban J connectivity index is 2.03. The number of nitrogens with zero attached hydrogens (tertiary/aromatic N) is 1. The SMILES string of the molecule is COc1ccc(C(c2ccccc2)(c2ccc(OC)cc2)N(C(=O)[C@@H](N)CCCNC(=N)N)[C@@H](CCCCN)C(=O)N[C@@H](Cc2ccccc2)C(=O)O)cc1. The first-order valence-electron chi connectivity index (χ1n) is 18.3. The monoisotopic (exact) mass is 751 g/mol. The molecule has 10 N–H and O–H groups in total. The number of carboxylic acid groups (broad SMARTS) is 1. The van der Waals surface area contributed by atoms with Gasteiger partial charge in [-0.2, -0.15) is 0 Å². The number of benzene rings is 4. The summed E-state index contributed by atoms with van der Waals surface area (Å²) in [5.74, 6) is -1.46. The molecule has 2 amide bonds. The lowest BCUT2D eigenvalue weighted by molar-refractivity contribution is -0.149. The van der Waals surface area contributed by atoms with Crippen LogP contribution in [0.25, 0.3) is 0 Å². The lowest BCUT2D eigenvalue weighted by Gasteiger charge is -2.49. The molecule has 55 heavy (non-hydrogen) atoms. The molecule has 0 saturated carbocycles. The van der Waals surface area contributed by atoms with Crippen molar-refractivity contribution in [3.8, 4) is 11.5 Å². The Morgan fingerprint density at radius 3 is 1.80 bits per heavy atom. The topological polar surface area (TPSA) is 219 Å². The Morgan fingerprint density at radius 2 is 1.31 bits per heavy atom. The number of guanidine groups is 1. The predicted octanol–water partition coefficient (Wildman–Crippen LogP) is 3.72. The fourth-order valence-electron chi connectivity index (χ4n) is 6.84. The predicted molar refractivity (Wildman–Crippen MR) is 213 cm³/mol. The molecule has 0 spiro atoms. The Morgan fingerprint density at radius 1 is 0.782 bits per heavy atom. The van der Waals surface area contributed by atoms with Crippen LogP contribution in [0.2, 0.25) is 0 Å². The van der Waals surface area contributed by atoms with E-state index in [1.54, 1.807) is 67.7 Å². The van der Waals surface area contributed by atoms with E-state index in [0.29, 0.717) is 60.5 Å².